The first kappa shape index (κ1) is 16.6. The molecular weight excluding hydrogens is 348 g/mol. The van der Waals surface area contributed by atoms with Crippen molar-refractivity contribution in [3.05, 3.63) is 52.7 Å². The predicted molar refractivity (Wildman–Crippen MR) is 94.0 cm³/mol. The van der Waals surface area contributed by atoms with Gasteiger partial charge >= 0.3 is 0 Å². The van der Waals surface area contributed by atoms with Crippen LogP contribution >= 0.6 is 22.9 Å². The number of carbonyl (C=O) groups is 1. The van der Waals surface area contributed by atoms with Crippen molar-refractivity contribution < 1.29 is 9.32 Å². The molecule has 3 rings (SSSR count). The van der Waals surface area contributed by atoms with Crippen LogP contribution in [-0.4, -0.2) is 34.5 Å². The number of thiophene rings is 1. The zero-order valence-electron chi connectivity index (χ0n) is 12.9. The number of anilines is 1. The molecule has 1 amide bonds. The SMILES string of the molecule is CN(CC(=O)Nc1ccc(Cl)cc1)Cc1nc(-c2cccs2)no1. The van der Waals surface area contributed by atoms with Gasteiger partial charge in [0.1, 0.15) is 0 Å². The van der Waals surface area contributed by atoms with Crippen LogP contribution in [0.15, 0.2) is 46.3 Å². The maximum absolute atomic E-state index is 12.0. The Morgan fingerprint density at radius 3 is 2.83 bits per heavy atom. The zero-order valence-corrected chi connectivity index (χ0v) is 14.5. The molecule has 3 aromatic rings. The normalized spacial score (nSPS) is 11.0. The molecule has 0 atom stereocenters. The monoisotopic (exact) mass is 362 g/mol. The second kappa shape index (κ2) is 7.57. The van der Waals surface area contributed by atoms with Crippen LogP contribution in [0.1, 0.15) is 5.89 Å². The van der Waals surface area contributed by atoms with Crippen molar-refractivity contribution >= 4 is 34.5 Å². The van der Waals surface area contributed by atoms with Crippen molar-refractivity contribution in [2.75, 3.05) is 18.9 Å². The van der Waals surface area contributed by atoms with Gasteiger partial charge < -0.3 is 9.84 Å². The maximum atomic E-state index is 12.0. The number of hydrogen-bond acceptors (Lipinski definition) is 6. The van der Waals surface area contributed by atoms with Gasteiger partial charge in [-0.05, 0) is 42.8 Å². The molecule has 0 spiro atoms. The van der Waals surface area contributed by atoms with E-state index >= 15 is 0 Å². The van der Waals surface area contributed by atoms with E-state index in [-0.39, 0.29) is 12.5 Å². The Labute approximate surface area is 148 Å². The molecule has 24 heavy (non-hydrogen) atoms. The minimum absolute atomic E-state index is 0.127. The van der Waals surface area contributed by atoms with Crippen molar-refractivity contribution in [2.24, 2.45) is 0 Å². The van der Waals surface area contributed by atoms with Crippen molar-refractivity contribution in [2.45, 2.75) is 6.54 Å². The van der Waals surface area contributed by atoms with E-state index in [0.717, 1.165) is 4.88 Å². The highest BCUT2D eigenvalue weighted by molar-refractivity contribution is 7.13. The molecule has 2 aromatic heterocycles. The van der Waals surface area contributed by atoms with Crippen LogP contribution in [0.5, 0.6) is 0 Å². The van der Waals surface area contributed by atoms with Gasteiger partial charge in [0, 0.05) is 10.7 Å². The van der Waals surface area contributed by atoms with Gasteiger partial charge in [-0.1, -0.05) is 22.8 Å². The fourth-order valence-corrected chi connectivity index (χ4v) is 2.87. The molecule has 6 nitrogen and oxygen atoms in total. The molecule has 124 valence electrons. The van der Waals surface area contributed by atoms with Gasteiger partial charge in [0.2, 0.25) is 17.6 Å². The molecule has 0 fully saturated rings. The maximum Gasteiger partial charge on any atom is 0.241 e. The highest BCUT2D eigenvalue weighted by Crippen LogP contribution is 2.21. The Balaban J connectivity index is 1.52. The molecule has 0 radical (unpaired) electrons. The molecular formula is C16H15ClN4O2S. The van der Waals surface area contributed by atoms with Crippen LogP contribution in [0.25, 0.3) is 10.7 Å². The summed E-state index contributed by atoms with van der Waals surface area (Å²) in [5.41, 5.74) is 0.704. The molecule has 0 aliphatic heterocycles. The summed E-state index contributed by atoms with van der Waals surface area (Å²) in [6.07, 6.45) is 0. The Kier molecular flexibility index (Phi) is 5.24. The lowest BCUT2D eigenvalue weighted by Gasteiger charge is -2.13. The Bertz CT molecular complexity index is 802. The fourth-order valence-electron chi connectivity index (χ4n) is 2.09. The molecule has 8 heteroatoms. The van der Waals surface area contributed by atoms with Gasteiger partial charge in [-0.15, -0.1) is 11.3 Å². The number of aromatic nitrogens is 2. The Morgan fingerprint density at radius 2 is 2.12 bits per heavy atom. The number of amides is 1. The highest BCUT2D eigenvalue weighted by atomic mass is 35.5. The van der Waals surface area contributed by atoms with Gasteiger partial charge in [-0.25, -0.2) is 0 Å². The summed E-state index contributed by atoms with van der Waals surface area (Å²) in [6.45, 7) is 0.603. The van der Waals surface area contributed by atoms with E-state index < -0.39 is 0 Å². The number of nitrogens with one attached hydrogen (secondary N) is 1. The third-order valence-electron chi connectivity index (χ3n) is 3.16. The van der Waals surface area contributed by atoms with E-state index in [0.29, 0.717) is 29.0 Å². The molecule has 0 aliphatic carbocycles. The lowest BCUT2D eigenvalue weighted by atomic mass is 10.3. The van der Waals surface area contributed by atoms with Crippen molar-refractivity contribution in [1.29, 1.82) is 0 Å². The molecule has 2 heterocycles. The summed E-state index contributed by atoms with van der Waals surface area (Å²) in [4.78, 5) is 19.1. The number of hydrogen-bond donors (Lipinski definition) is 1. The molecule has 0 saturated heterocycles. The molecule has 0 saturated carbocycles. The largest absolute Gasteiger partial charge is 0.338 e. The molecule has 1 N–H and O–H groups in total. The number of carbonyl (C=O) groups excluding carboxylic acids is 1. The topological polar surface area (TPSA) is 71.3 Å². The average molecular weight is 363 g/mol. The second-order valence-corrected chi connectivity index (χ2v) is 6.60. The average Bonchev–Trinajstić information content (AvgIpc) is 3.20. The standard InChI is InChI=1S/C16H15ClN4O2S/c1-21(9-14(22)18-12-6-4-11(17)5-7-12)10-15-19-16(20-23-15)13-3-2-8-24-13/h2-8H,9-10H2,1H3,(H,18,22). The quantitative estimate of drug-likeness (QED) is 0.726. The van der Waals surface area contributed by atoms with Gasteiger partial charge in [-0.3, -0.25) is 9.69 Å². The van der Waals surface area contributed by atoms with Gasteiger partial charge in [-0.2, -0.15) is 4.98 Å². The Hall–Kier alpha value is -2.22. The third-order valence-corrected chi connectivity index (χ3v) is 4.27. The summed E-state index contributed by atoms with van der Waals surface area (Å²) in [5, 5.41) is 9.35. The van der Waals surface area contributed by atoms with E-state index in [4.69, 9.17) is 16.1 Å². The van der Waals surface area contributed by atoms with E-state index in [9.17, 15) is 4.79 Å². The lowest BCUT2D eigenvalue weighted by Crippen LogP contribution is -2.29. The van der Waals surface area contributed by atoms with Crippen LogP contribution in [0.4, 0.5) is 5.69 Å². The van der Waals surface area contributed by atoms with Crippen LogP contribution in [0.3, 0.4) is 0 Å². The molecule has 0 aliphatic rings. The second-order valence-electron chi connectivity index (χ2n) is 5.22. The van der Waals surface area contributed by atoms with Crippen LogP contribution < -0.4 is 5.32 Å². The minimum atomic E-state index is -0.127. The van der Waals surface area contributed by atoms with Gasteiger partial charge in [0.15, 0.2) is 0 Å². The fraction of sp³-hybridized carbons (Fsp3) is 0.188. The van der Waals surface area contributed by atoms with Gasteiger partial charge in [0.25, 0.3) is 0 Å². The molecule has 0 bridgehead atoms. The summed E-state index contributed by atoms with van der Waals surface area (Å²) < 4.78 is 5.23. The summed E-state index contributed by atoms with van der Waals surface area (Å²) >= 11 is 7.37. The first-order valence-corrected chi connectivity index (χ1v) is 8.46. The van der Waals surface area contributed by atoms with E-state index in [1.807, 2.05) is 24.6 Å². The smallest absolute Gasteiger partial charge is 0.241 e. The minimum Gasteiger partial charge on any atom is -0.338 e. The van der Waals surface area contributed by atoms with E-state index in [1.165, 1.54) is 0 Å². The first-order valence-electron chi connectivity index (χ1n) is 7.20. The van der Waals surface area contributed by atoms with Crippen LogP contribution in [0.2, 0.25) is 5.02 Å². The number of halogens is 1. The van der Waals surface area contributed by atoms with Crippen molar-refractivity contribution in [3.63, 3.8) is 0 Å². The summed E-state index contributed by atoms with van der Waals surface area (Å²) in [5.74, 6) is 0.914. The van der Waals surface area contributed by atoms with Crippen LogP contribution in [-0.2, 0) is 11.3 Å². The van der Waals surface area contributed by atoms with Crippen LogP contribution in [0, 0.1) is 0 Å². The number of benzene rings is 1. The number of rotatable bonds is 6. The number of nitrogens with zero attached hydrogens (tertiary/aromatic N) is 3. The van der Waals surface area contributed by atoms with Crippen molar-refractivity contribution in [3.8, 4) is 10.7 Å². The third kappa shape index (κ3) is 4.41. The first-order chi connectivity index (χ1) is 11.6. The summed E-state index contributed by atoms with van der Waals surface area (Å²) in [7, 11) is 1.82. The lowest BCUT2D eigenvalue weighted by molar-refractivity contribution is -0.117. The van der Waals surface area contributed by atoms with Gasteiger partial charge in [0.05, 0.1) is 18.0 Å². The Morgan fingerprint density at radius 1 is 1.33 bits per heavy atom. The highest BCUT2D eigenvalue weighted by Gasteiger charge is 2.13. The molecule has 0 unspecified atom stereocenters. The molecule has 1 aromatic carbocycles. The number of likely N-dealkylation sites (N-methyl/N-ethyl adjacent to an activating group) is 1. The van der Waals surface area contributed by atoms with E-state index in [2.05, 4.69) is 15.5 Å². The van der Waals surface area contributed by atoms with Crippen molar-refractivity contribution in [1.82, 2.24) is 15.0 Å². The summed E-state index contributed by atoms with van der Waals surface area (Å²) in [6, 6.07) is 10.8. The zero-order chi connectivity index (χ0) is 16.9. The van der Waals surface area contributed by atoms with E-state index in [1.54, 1.807) is 40.5 Å². The predicted octanol–water partition coefficient (Wildman–Crippen LogP) is 3.52.